The number of rotatable bonds is 11. The number of benzene rings is 17. The standard InChI is InChI=1S/C52H33N4OP.C52H30N4/c1-53-45-34-46-52(56-51(38-18-8-3-9-19-38)50(55-46)37-16-6-2-7-17-37)47-43-24-14-15-25-44(43)54-49(48(45)47)39-28-26-35(27-29-39)36-30-32-42(33-31-36)58(57,40-20-10-4-11-21-40)41-22-12-5-13-23-41;1-53-45-31-46-52(56-51(34-16-6-3-7-17-34)50(55-46)33-14-4-2-5-15-33)47-42-22-12-13-23-44(42)54-49(48(45)47)35-26-24-32(25-27-35)36-28-29-41-39-20-9-8-18-37(39)38-19-10-11-21-40(38)43(41)30-36/h2-34H;2-31H. The molecule has 0 radical (unpaired) electrons. The zero-order valence-corrected chi connectivity index (χ0v) is 62.2. The molecule has 114 heavy (non-hydrogen) atoms. The highest BCUT2D eigenvalue weighted by Crippen LogP contribution is 2.48. The van der Waals surface area contributed by atoms with Crippen LogP contribution in [0.5, 0.6) is 0 Å². The lowest BCUT2D eigenvalue weighted by molar-refractivity contribution is 0.592. The second-order valence-electron chi connectivity index (χ2n) is 28.3. The normalized spacial score (nSPS) is 11.5. The predicted octanol–water partition coefficient (Wildman–Crippen LogP) is 26.2. The zero-order valence-electron chi connectivity index (χ0n) is 61.3. The average Bonchev–Trinajstić information content (AvgIpc) is 0.727. The smallest absolute Gasteiger partial charge is 0.199 e. The van der Waals surface area contributed by atoms with Crippen LogP contribution < -0.4 is 15.9 Å². The van der Waals surface area contributed by atoms with Crippen LogP contribution in [-0.2, 0) is 4.57 Å². The van der Waals surface area contributed by atoms with Crippen molar-refractivity contribution in [2.45, 2.75) is 0 Å². The van der Waals surface area contributed by atoms with E-state index in [1.807, 2.05) is 218 Å². The summed E-state index contributed by atoms with van der Waals surface area (Å²) in [6.07, 6.45) is 0. The summed E-state index contributed by atoms with van der Waals surface area (Å²) >= 11 is 0. The largest absolute Gasteiger partial charge is 0.309 e. The van der Waals surface area contributed by atoms with E-state index in [-0.39, 0.29) is 0 Å². The number of fused-ring (bicyclic) bond motifs is 16. The van der Waals surface area contributed by atoms with Crippen LogP contribution in [0.4, 0.5) is 11.4 Å². The maximum Gasteiger partial charge on any atom is 0.199 e. The average molecular weight is 1470 g/mol. The molecule has 0 saturated heterocycles. The minimum absolute atomic E-state index is 0.470. The Morgan fingerprint density at radius 3 is 0.842 bits per heavy atom. The number of pyridine rings is 2. The first-order valence-electron chi connectivity index (χ1n) is 37.8. The van der Waals surface area contributed by atoms with Crippen molar-refractivity contribution in [3.8, 4) is 89.8 Å². The fourth-order valence-electron chi connectivity index (χ4n) is 16.4. The Morgan fingerprint density at radius 1 is 0.202 bits per heavy atom. The maximum atomic E-state index is 14.9. The number of nitrogens with zero attached hydrogens (tertiary/aromatic N) is 8. The van der Waals surface area contributed by atoms with Gasteiger partial charge in [0.25, 0.3) is 0 Å². The summed E-state index contributed by atoms with van der Waals surface area (Å²) in [7, 11) is -3.09. The van der Waals surface area contributed by atoms with Gasteiger partial charge in [0.05, 0.1) is 80.4 Å². The summed E-state index contributed by atoms with van der Waals surface area (Å²) in [4.78, 5) is 40.0. The third kappa shape index (κ3) is 11.8. The molecule has 530 valence electrons. The summed E-state index contributed by atoms with van der Waals surface area (Å²) in [6.45, 7) is 16.8. The van der Waals surface area contributed by atoms with Gasteiger partial charge in [-0.2, -0.15) is 0 Å². The highest BCUT2D eigenvalue weighted by atomic mass is 31.2. The van der Waals surface area contributed by atoms with Gasteiger partial charge >= 0.3 is 0 Å². The second kappa shape index (κ2) is 28.6. The number of para-hydroxylation sites is 2. The fraction of sp³-hybridized carbons (Fsp3) is 0. The molecule has 0 bridgehead atoms. The molecule has 21 rings (SSSR count). The molecule has 4 heterocycles. The van der Waals surface area contributed by atoms with Crippen molar-refractivity contribution in [2.24, 2.45) is 0 Å². The molecule has 21 aromatic rings. The Balaban J connectivity index is 0.000000148. The Labute approximate surface area is 657 Å². The van der Waals surface area contributed by atoms with Gasteiger partial charge in [-0.15, -0.1) is 0 Å². The van der Waals surface area contributed by atoms with Crippen molar-refractivity contribution in [1.29, 1.82) is 0 Å². The summed E-state index contributed by atoms with van der Waals surface area (Å²) in [5, 5.41) is 15.0. The monoisotopic (exact) mass is 1470 g/mol. The van der Waals surface area contributed by atoms with Crippen molar-refractivity contribution in [2.75, 3.05) is 0 Å². The molecule has 0 fully saturated rings. The molecule has 4 aromatic heterocycles. The molecule has 0 unspecified atom stereocenters. The van der Waals surface area contributed by atoms with Crippen LogP contribution in [0.25, 0.3) is 197 Å². The van der Waals surface area contributed by atoms with Gasteiger partial charge in [0, 0.05) is 70.5 Å². The summed E-state index contributed by atoms with van der Waals surface area (Å²) < 4.78 is 14.9. The first-order valence-corrected chi connectivity index (χ1v) is 39.5. The molecular weight excluding hydrogens is 1410 g/mol. The van der Waals surface area contributed by atoms with E-state index in [1.165, 1.54) is 32.3 Å². The van der Waals surface area contributed by atoms with Gasteiger partial charge in [-0.25, -0.2) is 39.6 Å². The first kappa shape index (κ1) is 68.1. The van der Waals surface area contributed by atoms with Crippen molar-refractivity contribution in [3.63, 3.8) is 0 Å². The number of aromatic nitrogens is 6. The van der Waals surface area contributed by atoms with E-state index in [0.717, 1.165) is 154 Å². The molecular formula is C104H63N8OP. The van der Waals surface area contributed by atoms with Gasteiger partial charge < -0.3 is 4.57 Å². The molecule has 0 spiro atoms. The molecule has 0 aliphatic heterocycles. The van der Waals surface area contributed by atoms with E-state index in [4.69, 9.17) is 43.0 Å². The van der Waals surface area contributed by atoms with Crippen LogP contribution in [0.15, 0.2) is 382 Å². The molecule has 0 aliphatic rings. The van der Waals surface area contributed by atoms with E-state index in [1.54, 1.807) is 0 Å². The van der Waals surface area contributed by atoms with Crippen molar-refractivity contribution in [3.05, 3.63) is 405 Å². The summed E-state index contributed by atoms with van der Waals surface area (Å²) in [5.74, 6) is 0. The van der Waals surface area contributed by atoms with Gasteiger partial charge in [0.2, 0.25) is 0 Å². The van der Waals surface area contributed by atoms with Gasteiger partial charge in [-0.1, -0.05) is 352 Å². The molecule has 0 N–H and O–H groups in total. The number of hydrogen-bond acceptors (Lipinski definition) is 7. The Bertz CT molecular complexity index is 7450. The predicted molar refractivity (Wildman–Crippen MR) is 473 cm³/mol. The zero-order chi connectivity index (χ0) is 76.2. The molecule has 17 aromatic carbocycles. The highest BCUT2D eigenvalue weighted by Gasteiger charge is 2.30. The Kier molecular flexibility index (Phi) is 17.1. The lowest BCUT2D eigenvalue weighted by atomic mass is 9.91. The lowest BCUT2D eigenvalue weighted by Crippen LogP contribution is -2.24. The van der Waals surface area contributed by atoms with E-state index < -0.39 is 7.14 Å². The molecule has 0 aliphatic carbocycles. The lowest BCUT2D eigenvalue weighted by Gasteiger charge is -2.20. The third-order valence-corrected chi connectivity index (χ3v) is 24.9. The van der Waals surface area contributed by atoms with Crippen molar-refractivity contribution < 1.29 is 4.57 Å². The SMILES string of the molecule is [C-]#[N+]c1cc2nc(-c3ccccc3)c(-c3ccccc3)nc2c2c1c(-c1ccc(-c3ccc(P(=O)(c4ccccc4)c4ccccc4)cc3)cc1)nc1ccccc12.[C-]#[N+]c1cc2nc(-c3ccccc3)c(-c3ccccc3)nc2c2c1c(-c1ccc(-c3ccc4c5ccccc5c5ccccc5c4c3)cc1)nc1ccccc12. The number of hydrogen-bond donors (Lipinski definition) is 0. The van der Waals surface area contributed by atoms with Gasteiger partial charge in [-0.05, 0) is 96.0 Å². The fourth-order valence-corrected chi connectivity index (χ4v) is 19.0. The van der Waals surface area contributed by atoms with E-state index in [9.17, 15) is 4.57 Å². The first-order chi connectivity index (χ1) is 56.3. The van der Waals surface area contributed by atoms with Gasteiger partial charge in [0.1, 0.15) is 0 Å². The van der Waals surface area contributed by atoms with Gasteiger partial charge in [0.15, 0.2) is 18.5 Å². The Morgan fingerprint density at radius 2 is 0.465 bits per heavy atom. The quantitative estimate of drug-likeness (QED) is 0.0722. The van der Waals surface area contributed by atoms with Crippen LogP contribution >= 0.6 is 7.14 Å². The van der Waals surface area contributed by atoms with Crippen LogP contribution in [-0.4, -0.2) is 29.9 Å². The minimum atomic E-state index is -3.09. The molecule has 9 nitrogen and oxygen atoms in total. The molecule has 0 atom stereocenters. The van der Waals surface area contributed by atoms with E-state index >= 15 is 0 Å². The van der Waals surface area contributed by atoms with E-state index in [0.29, 0.717) is 28.1 Å². The second-order valence-corrected chi connectivity index (χ2v) is 31.1. The molecule has 10 heteroatoms. The summed E-state index contributed by atoms with van der Waals surface area (Å²) in [6, 6.07) is 129. The molecule has 0 saturated carbocycles. The topological polar surface area (TPSA) is 103 Å². The third-order valence-electron chi connectivity index (χ3n) is 21.8. The van der Waals surface area contributed by atoms with Gasteiger partial charge in [-0.3, -0.25) is 0 Å². The van der Waals surface area contributed by atoms with Crippen molar-refractivity contribution in [1.82, 2.24) is 29.9 Å². The Hall–Kier alpha value is -15.3. The van der Waals surface area contributed by atoms with Crippen LogP contribution in [0.1, 0.15) is 0 Å². The minimum Gasteiger partial charge on any atom is -0.309 e. The van der Waals surface area contributed by atoms with Crippen LogP contribution in [0, 0.1) is 13.1 Å². The van der Waals surface area contributed by atoms with Crippen LogP contribution in [0.3, 0.4) is 0 Å². The van der Waals surface area contributed by atoms with E-state index in [2.05, 4.69) is 173 Å². The maximum absolute atomic E-state index is 14.9. The van der Waals surface area contributed by atoms with Crippen molar-refractivity contribution >= 4 is 132 Å². The molecule has 0 amide bonds. The highest BCUT2D eigenvalue weighted by molar-refractivity contribution is 7.85. The summed E-state index contributed by atoms with van der Waals surface area (Å²) in [5.41, 5.74) is 20.0. The van der Waals surface area contributed by atoms with Crippen LogP contribution in [0.2, 0.25) is 0 Å².